The van der Waals surface area contributed by atoms with Gasteiger partial charge in [0, 0.05) is 0 Å². The standard InChI is InChI=1S/C22H28O3S/c1-16-17(2)21(24-14-19-11-7-4-8-12-19)22(26)25-20(16)15-23-13-18-9-5-3-6-10-18/h3-12,16-17,20-22,26H,13-15H2,1-2H3/t16-,17-,20?,21?,22-/m0/s1. The largest absolute Gasteiger partial charge is 0.374 e. The van der Waals surface area contributed by atoms with Gasteiger partial charge < -0.3 is 14.2 Å². The molecule has 2 aromatic carbocycles. The zero-order valence-electron chi connectivity index (χ0n) is 15.5. The minimum absolute atomic E-state index is 0.0288. The Morgan fingerprint density at radius 1 is 0.846 bits per heavy atom. The summed E-state index contributed by atoms with van der Waals surface area (Å²) in [6.07, 6.45) is 0.00620. The van der Waals surface area contributed by atoms with Gasteiger partial charge in [0.15, 0.2) is 0 Å². The molecule has 0 N–H and O–H groups in total. The van der Waals surface area contributed by atoms with Gasteiger partial charge >= 0.3 is 0 Å². The minimum Gasteiger partial charge on any atom is -0.374 e. The van der Waals surface area contributed by atoms with E-state index in [2.05, 4.69) is 50.7 Å². The van der Waals surface area contributed by atoms with Gasteiger partial charge in [0.05, 0.1) is 32.0 Å². The summed E-state index contributed by atoms with van der Waals surface area (Å²) < 4.78 is 18.2. The Bertz CT molecular complexity index is 647. The lowest BCUT2D eigenvalue weighted by Crippen LogP contribution is -2.49. The van der Waals surface area contributed by atoms with Gasteiger partial charge in [-0.25, -0.2) is 0 Å². The van der Waals surface area contributed by atoms with E-state index in [1.807, 2.05) is 36.4 Å². The van der Waals surface area contributed by atoms with Crippen LogP contribution >= 0.6 is 12.6 Å². The molecule has 4 heteroatoms. The number of hydrogen-bond donors (Lipinski definition) is 1. The van der Waals surface area contributed by atoms with E-state index >= 15 is 0 Å². The molecule has 1 heterocycles. The molecule has 140 valence electrons. The molecule has 0 radical (unpaired) electrons. The summed E-state index contributed by atoms with van der Waals surface area (Å²) in [6, 6.07) is 20.4. The van der Waals surface area contributed by atoms with Crippen molar-refractivity contribution in [3.05, 3.63) is 71.8 Å². The summed E-state index contributed by atoms with van der Waals surface area (Å²) in [7, 11) is 0. The second-order valence-corrected chi connectivity index (χ2v) is 7.55. The van der Waals surface area contributed by atoms with Crippen molar-refractivity contribution in [2.75, 3.05) is 6.61 Å². The lowest BCUT2D eigenvalue weighted by molar-refractivity contribution is -0.174. The first-order chi connectivity index (χ1) is 12.6. The molecule has 1 aliphatic heterocycles. The van der Waals surface area contributed by atoms with Gasteiger partial charge in [-0.1, -0.05) is 74.5 Å². The third kappa shape index (κ3) is 5.10. The first-order valence-electron chi connectivity index (χ1n) is 9.26. The lowest BCUT2D eigenvalue weighted by atomic mass is 9.84. The van der Waals surface area contributed by atoms with Crippen molar-refractivity contribution in [3.8, 4) is 0 Å². The highest BCUT2D eigenvalue weighted by atomic mass is 32.1. The molecular weight excluding hydrogens is 344 g/mol. The molecule has 3 rings (SSSR count). The maximum atomic E-state index is 6.14. The van der Waals surface area contributed by atoms with Gasteiger partial charge in [-0.3, -0.25) is 0 Å². The maximum Gasteiger partial charge on any atom is 0.127 e. The molecule has 0 spiro atoms. The Morgan fingerprint density at radius 3 is 2.04 bits per heavy atom. The van der Waals surface area contributed by atoms with E-state index in [-0.39, 0.29) is 17.6 Å². The lowest BCUT2D eigenvalue weighted by Gasteiger charge is -2.43. The molecule has 26 heavy (non-hydrogen) atoms. The molecule has 1 saturated heterocycles. The normalized spacial score (nSPS) is 28.8. The summed E-state index contributed by atoms with van der Waals surface area (Å²) in [5.41, 5.74) is 2.10. The summed E-state index contributed by atoms with van der Waals surface area (Å²) in [5.74, 6) is 0.690. The van der Waals surface area contributed by atoms with Crippen LogP contribution in [0.4, 0.5) is 0 Å². The number of ether oxygens (including phenoxy) is 3. The van der Waals surface area contributed by atoms with Crippen molar-refractivity contribution in [2.24, 2.45) is 11.8 Å². The van der Waals surface area contributed by atoms with E-state index in [1.54, 1.807) is 0 Å². The third-order valence-electron chi connectivity index (χ3n) is 5.21. The highest BCUT2D eigenvalue weighted by Gasteiger charge is 2.40. The van der Waals surface area contributed by atoms with Gasteiger partial charge in [0.25, 0.3) is 0 Å². The van der Waals surface area contributed by atoms with E-state index in [0.717, 1.165) is 0 Å². The molecular formula is C22H28O3S. The highest BCUT2D eigenvalue weighted by Crippen LogP contribution is 2.34. The molecule has 0 aliphatic carbocycles. The Kier molecular flexibility index (Phi) is 7.15. The van der Waals surface area contributed by atoms with E-state index < -0.39 is 0 Å². The smallest absolute Gasteiger partial charge is 0.127 e. The first-order valence-corrected chi connectivity index (χ1v) is 9.77. The topological polar surface area (TPSA) is 27.7 Å². The van der Waals surface area contributed by atoms with Crippen LogP contribution in [0.5, 0.6) is 0 Å². The highest BCUT2D eigenvalue weighted by molar-refractivity contribution is 7.80. The molecule has 2 aromatic rings. The van der Waals surface area contributed by atoms with Crippen LogP contribution in [0.1, 0.15) is 25.0 Å². The molecule has 1 fully saturated rings. The van der Waals surface area contributed by atoms with E-state index in [9.17, 15) is 0 Å². The fourth-order valence-electron chi connectivity index (χ4n) is 3.34. The molecule has 0 aromatic heterocycles. The molecule has 2 unspecified atom stereocenters. The average molecular weight is 373 g/mol. The van der Waals surface area contributed by atoms with Crippen LogP contribution in [0.15, 0.2) is 60.7 Å². The Labute approximate surface area is 162 Å². The average Bonchev–Trinajstić information content (AvgIpc) is 2.67. The summed E-state index contributed by atoms with van der Waals surface area (Å²) >= 11 is 4.65. The maximum absolute atomic E-state index is 6.14. The van der Waals surface area contributed by atoms with Crippen LogP contribution in [0, 0.1) is 11.8 Å². The van der Waals surface area contributed by atoms with Crippen molar-refractivity contribution < 1.29 is 14.2 Å². The summed E-state index contributed by atoms with van der Waals surface area (Å²) in [5, 5.41) is 0. The number of benzene rings is 2. The summed E-state index contributed by atoms with van der Waals surface area (Å²) in [6.45, 7) is 6.18. The Hall–Kier alpha value is -1.33. The van der Waals surface area contributed by atoms with Crippen LogP contribution in [0.2, 0.25) is 0 Å². The van der Waals surface area contributed by atoms with Crippen LogP contribution in [-0.4, -0.2) is 24.3 Å². The van der Waals surface area contributed by atoms with Crippen molar-refractivity contribution in [1.29, 1.82) is 0 Å². The zero-order chi connectivity index (χ0) is 18.4. The van der Waals surface area contributed by atoms with Crippen LogP contribution in [0.25, 0.3) is 0 Å². The van der Waals surface area contributed by atoms with Gasteiger partial charge in [0.2, 0.25) is 0 Å². The van der Waals surface area contributed by atoms with E-state index in [1.165, 1.54) is 11.1 Å². The monoisotopic (exact) mass is 372 g/mol. The quantitative estimate of drug-likeness (QED) is 0.713. The predicted octanol–water partition coefficient (Wildman–Crippen LogP) is 4.72. The summed E-state index contributed by atoms with van der Waals surface area (Å²) in [4.78, 5) is 0. The van der Waals surface area contributed by atoms with E-state index in [4.69, 9.17) is 14.2 Å². The van der Waals surface area contributed by atoms with Crippen molar-refractivity contribution in [2.45, 2.75) is 44.7 Å². The SMILES string of the molecule is C[C@@H]1C(COCc2ccccc2)O[C@@H](S)C(OCc2ccccc2)[C@H]1C. The van der Waals surface area contributed by atoms with Crippen LogP contribution < -0.4 is 0 Å². The molecule has 5 atom stereocenters. The van der Waals surface area contributed by atoms with Crippen LogP contribution in [0.3, 0.4) is 0 Å². The third-order valence-corrected chi connectivity index (χ3v) is 5.62. The molecule has 0 amide bonds. The van der Waals surface area contributed by atoms with Gasteiger partial charge in [0.1, 0.15) is 5.44 Å². The van der Waals surface area contributed by atoms with Gasteiger partial charge in [-0.15, -0.1) is 12.6 Å². The first kappa shape index (κ1) is 19.4. The predicted molar refractivity (Wildman–Crippen MR) is 107 cm³/mol. The van der Waals surface area contributed by atoms with Crippen molar-refractivity contribution in [3.63, 3.8) is 0 Å². The zero-order valence-corrected chi connectivity index (χ0v) is 16.3. The minimum atomic E-state index is -0.241. The van der Waals surface area contributed by atoms with Crippen molar-refractivity contribution in [1.82, 2.24) is 0 Å². The molecule has 3 nitrogen and oxygen atoms in total. The Balaban J connectivity index is 1.49. The second-order valence-electron chi connectivity index (χ2n) is 7.05. The van der Waals surface area contributed by atoms with Crippen molar-refractivity contribution >= 4 is 12.6 Å². The Morgan fingerprint density at radius 2 is 1.42 bits per heavy atom. The second kappa shape index (κ2) is 9.56. The number of thiol groups is 1. The number of rotatable bonds is 7. The van der Waals surface area contributed by atoms with Crippen LogP contribution in [-0.2, 0) is 27.4 Å². The molecule has 1 aliphatic rings. The van der Waals surface area contributed by atoms with Gasteiger partial charge in [-0.2, -0.15) is 0 Å². The number of hydrogen-bond acceptors (Lipinski definition) is 4. The molecule has 0 saturated carbocycles. The fourth-order valence-corrected chi connectivity index (χ4v) is 3.85. The molecule has 0 bridgehead atoms. The fraction of sp³-hybridized carbons (Fsp3) is 0.455. The van der Waals surface area contributed by atoms with E-state index in [0.29, 0.717) is 31.7 Å². The van der Waals surface area contributed by atoms with Gasteiger partial charge in [-0.05, 0) is 23.0 Å².